The summed E-state index contributed by atoms with van der Waals surface area (Å²) in [6, 6.07) is 15.2. The Labute approximate surface area is 238 Å². The quantitative estimate of drug-likeness (QED) is 0.326. The number of pyridine rings is 1. The second-order valence-corrected chi connectivity index (χ2v) is 11.6. The third-order valence-electron chi connectivity index (χ3n) is 8.30. The van der Waals surface area contributed by atoms with E-state index >= 15 is 0 Å². The minimum absolute atomic E-state index is 0.0600. The van der Waals surface area contributed by atoms with E-state index in [1.165, 1.54) is 0 Å². The molecular formula is C30H21Cl2N5O3. The first-order chi connectivity index (χ1) is 19.4. The lowest BCUT2D eigenvalue weighted by Crippen LogP contribution is -2.29. The molecule has 3 aliphatic heterocycles. The molecule has 4 aromatic rings. The molecule has 0 spiro atoms. The van der Waals surface area contributed by atoms with Crippen molar-refractivity contribution in [2.45, 2.75) is 31.2 Å². The molecule has 1 aliphatic carbocycles. The van der Waals surface area contributed by atoms with Gasteiger partial charge in [-0.15, -0.1) is 5.10 Å². The number of carbonyl (C=O) groups is 1. The van der Waals surface area contributed by atoms with Crippen LogP contribution in [0.3, 0.4) is 0 Å². The molecule has 0 radical (unpaired) electrons. The molecule has 2 aromatic carbocycles. The predicted molar refractivity (Wildman–Crippen MR) is 152 cm³/mol. The minimum atomic E-state index is -0.0604. The summed E-state index contributed by atoms with van der Waals surface area (Å²) in [6.07, 6.45) is 5.64. The van der Waals surface area contributed by atoms with Gasteiger partial charge in [0.1, 0.15) is 12.4 Å². The highest BCUT2D eigenvalue weighted by atomic mass is 35.5. The van der Waals surface area contributed by atoms with E-state index in [-0.39, 0.29) is 29.1 Å². The van der Waals surface area contributed by atoms with Gasteiger partial charge < -0.3 is 9.30 Å². The smallest absolute Gasteiger partial charge is 0.251 e. The van der Waals surface area contributed by atoms with Gasteiger partial charge in [0, 0.05) is 58.6 Å². The van der Waals surface area contributed by atoms with Gasteiger partial charge >= 0.3 is 0 Å². The van der Waals surface area contributed by atoms with E-state index in [9.17, 15) is 9.59 Å². The Morgan fingerprint density at radius 2 is 1.88 bits per heavy atom. The summed E-state index contributed by atoms with van der Waals surface area (Å²) >= 11 is 12.4. The zero-order valence-corrected chi connectivity index (χ0v) is 22.6. The summed E-state index contributed by atoms with van der Waals surface area (Å²) in [7, 11) is 0. The van der Waals surface area contributed by atoms with Crippen molar-refractivity contribution in [3.8, 4) is 22.6 Å². The Morgan fingerprint density at radius 1 is 0.975 bits per heavy atom. The highest BCUT2D eigenvalue weighted by Crippen LogP contribution is 2.60. The number of hydrogen-bond donors (Lipinski definition) is 0. The minimum Gasteiger partial charge on any atom is -0.486 e. The second kappa shape index (κ2) is 8.74. The molecule has 10 heteroatoms. The molecule has 1 fully saturated rings. The Morgan fingerprint density at radius 3 is 2.73 bits per heavy atom. The van der Waals surface area contributed by atoms with E-state index in [1.807, 2.05) is 41.1 Å². The van der Waals surface area contributed by atoms with Gasteiger partial charge in [0.25, 0.3) is 5.56 Å². The van der Waals surface area contributed by atoms with Crippen LogP contribution in [0, 0.1) is 5.92 Å². The molecule has 0 amide bonds. The highest BCUT2D eigenvalue weighted by Gasteiger charge is 2.54. The normalized spacial score (nSPS) is 22.2. The van der Waals surface area contributed by atoms with Gasteiger partial charge in [-0.1, -0.05) is 40.5 Å². The van der Waals surface area contributed by atoms with Gasteiger partial charge in [0.2, 0.25) is 0 Å². The number of aromatic nitrogens is 4. The SMILES string of the molecule is O=C1COc2cc(C3=CN=C([C@@H]4[C@H]5C[C@H]5c5cc(-c6cc(Cl)ccc6-n6cc(Cl)nn6)cc(=O)n54)C3)ccc2C1. The number of carbonyl (C=O) groups excluding carboxylic acids is 1. The number of ether oxygens (including phenoxy) is 1. The Balaban J connectivity index is 1.11. The number of fused-ring (bicyclic) bond motifs is 4. The number of allylic oxidation sites excluding steroid dienone is 1. The van der Waals surface area contributed by atoms with Crippen LogP contribution in [0.15, 0.2) is 70.7 Å². The van der Waals surface area contributed by atoms with Crippen molar-refractivity contribution >= 4 is 40.3 Å². The van der Waals surface area contributed by atoms with Gasteiger partial charge in [0.15, 0.2) is 10.9 Å². The monoisotopic (exact) mass is 569 g/mol. The van der Waals surface area contributed by atoms with E-state index in [0.29, 0.717) is 29.7 Å². The lowest BCUT2D eigenvalue weighted by molar-refractivity contribution is -0.121. The van der Waals surface area contributed by atoms with Crippen LogP contribution in [0.2, 0.25) is 10.2 Å². The van der Waals surface area contributed by atoms with Crippen molar-refractivity contribution in [3.63, 3.8) is 0 Å². The summed E-state index contributed by atoms with van der Waals surface area (Å²) in [5.74, 6) is 1.54. The maximum Gasteiger partial charge on any atom is 0.251 e. The maximum absolute atomic E-state index is 13.7. The zero-order chi connectivity index (χ0) is 27.1. The van der Waals surface area contributed by atoms with E-state index < -0.39 is 0 Å². The summed E-state index contributed by atoms with van der Waals surface area (Å²) in [4.78, 5) is 30.2. The maximum atomic E-state index is 13.7. The largest absolute Gasteiger partial charge is 0.486 e. The van der Waals surface area contributed by atoms with Crippen LogP contribution in [0.4, 0.5) is 0 Å². The summed E-state index contributed by atoms with van der Waals surface area (Å²) in [5.41, 5.74) is 7.32. The van der Waals surface area contributed by atoms with Crippen molar-refractivity contribution in [2.24, 2.45) is 10.9 Å². The van der Waals surface area contributed by atoms with Gasteiger partial charge in [-0.3, -0.25) is 14.6 Å². The number of Topliss-reactive ketones (excluding diaryl/α,β-unsaturated/α-hetero) is 1. The third-order valence-corrected chi connectivity index (χ3v) is 8.70. The van der Waals surface area contributed by atoms with Gasteiger partial charge in [-0.05, 0) is 59.4 Å². The number of aliphatic imine (C=N–C) groups is 1. The molecule has 5 heterocycles. The van der Waals surface area contributed by atoms with Gasteiger partial charge in [-0.25, -0.2) is 4.68 Å². The molecule has 4 aliphatic rings. The number of halogens is 2. The highest BCUT2D eigenvalue weighted by molar-refractivity contribution is 6.31. The molecular weight excluding hydrogens is 549 g/mol. The van der Waals surface area contributed by atoms with Crippen LogP contribution in [-0.4, -0.2) is 37.7 Å². The third kappa shape index (κ3) is 3.78. The fraction of sp³-hybridized carbons (Fsp3) is 0.233. The van der Waals surface area contributed by atoms with Crippen molar-refractivity contribution in [1.29, 1.82) is 0 Å². The first-order valence-electron chi connectivity index (χ1n) is 13.1. The lowest BCUT2D eigenvalue weighted by Gasteiger charge is -2.20. The summed E-state index contributed by atoms with van der Waals surface area (Å²) < 4.78 is 9.17. The summed E-state index contributed by atoms with van der Waals surface area (Å²) in [5, 5.41) is 8.84. The molecule has 2 aromatic heterocycles. The van der Waals surface area contributed by atoms with E-state index in [4.69, 9.17) is 32.9 Å². The van der Waals surface area contributed by atoms with Gasteiger partial charge in [-0.2, -0.15) is 0 Å². The van der Waals surface area contributed by atoms with E-state index in [1.54, 1.807) is 23.0 Å². The van der Waals surface area contributed by atoms with Crippen LogP contribution in [0.1, 0.15) is 41.6 Å². The Hall–Kier alpha value is -4.01. The molecule has 198 valence electrons. The molecule has 1 saturated carbocycles. The van der Waals surface area contributed by atoms with E-state index in [0.717, 1.165) is 57.1 Å². The fourth-order valence-corrected chi connectivity index (χ4v) is 6.69. The van der Waals surface area contributed by atoms with E-state index in [2.05, 4.69) is 16.4 Å². The van der Waals surface area contributed by atoms with Crippen molar-refractivity contribution in [2.75, 3.05) is 6.61 Å². The van der Waals surface area contributed by atoms with Crippen LogP contribution >= 0.6 is 23.2 Å². The topological polar surface area (TPSA) is 91.4 Å². The average molecular weight is 570 g/mol. The lowest BCUT2D eigenvalue weighted by atomic mass is 9.95. The van der Waals surface area contributed by atoms with Crippen LogP contribution in [0.5, 0.6) is 5.75 Å². The molecule has 0 bridgehead atoms. The van der Waals surface area contributed by atoms with Gasteiger partial charge in [0.05, 0.1) is 17.9 Å². The molecule has 0 N–H and O–H groups in total. The molecule has 0 saturated heterocycles. The molecule has 40 heavy (non-hydrogen) atoms. The van der Waals surface area contributed by atoms with Crippen LogP contribution in [-0.2, 0) is 11.2 Å². The number of hydrogen-bond acceptors (Lipinski definition) is 6. The second-order valence-electron chi connectivity index (χ2n) is 10.8. The molecule has 8 rings (SSSR count). The number of ketones is 1. The van der Waals surface area contributed by atoms with Crippen molar-refractivity contribution in [1.82, 2.24) is 19.6 Å². The predicted octanol–water partition coefficient (Wildman–Crippen LogP) is 5.45. The number of rotatable bonds is 4. The first kappa shape index (κ1) is 23.8. The fourth-order valence-electron chi connectivity index (χ4n) is 6.39. The molecule has 8 nitrogen and oxygen atoms in total. The Kier molecular flexibility index (Phi) is 5.21. The molecule has 0 unspecified atom stereocenters. The summed E-state index contributed by atoms with van der Waals surface area (Å²) in [6.45, 7) is 0.118. The zero-order valence-electron chi connectivity index (χ0n) is 21.1. The average Bonchev–Trinajstić information content (AvgIpc) is 3.23. The van der Waals surface area contributed by atoms with Crippen LogP contribution in [0.25, 0.3) is 22.4 Å². The standard InChI is InChI=1S/C30H21Cl2N5O3/c31-19-3-4-25(36-13-28(32)34-35-36)21(10-19)17-7-26-22-11-23(22)30(37(26)29(39)9-17)24-6-18(12-33-24)15-1-2-16-5-20(38)14-40-27(16)8-15/h1-4,7-10,12-13,22-23,30H,5-6,11,14H2/t22-,23+,30+/m1/s1. The molecule has 3 atom stereocenters. The Bertz CT molecular complexity index is 1890. The van der Waals surface area contributed by atoms with Crippen molar-refractivity contribution in [3.05, 3.63) is 98.3 Å². The number of nitrogens with zero attached hydrogens (tertiary/aromatic N) is 5. The number of benzene rings is 2. The van der Waals surface area contributed by atoms with Crippen molar-refractivity contribution < 1.29 is 9.53 Å². The van der Waals surface area contributed by atoms with Crippen LogP contribution < -0.4 is 10.3 Å². The first-order valence-corrected chi connectivity index (χ1v) is 13.9.